The predicted molar refractivity (Wildman–Crippen MR) is 101 cm³/mol. The molecule has 1 saturated heterocycles. The molecule has 2 aromatic rings. The third-order valence-electron chi connectivity index (χ3n) is 5.14. The number of esters is 1. The number of carbonyl (C=O) groups excluding carboxylic acids is 1. The summed E-state index contributed by atoms with van der Waals surface area (Å²) in [5.41, 5.74) is 0.609. The molecule has 7 nitrogen and oxygen atoms in total. The second-order valence-corrected chi connectivity index (χ2v) is 6.98. The molecule has 1 aliphatic rings. The number of methoxy groups -OCH3 is 1. The van der Waals surface area contributed by atoms with Gasteiger partial charge in [0.15, 0.2) is 0 Å². The van der Waals surface area contributed by atoms with Crippen LogP contribution >= 0.6 is 0 Å². The number of hydrogen-bond donors (Lipinski definition) is 0. The first-order valence-electron chi connectivity index (χ1n) is 9.50. The van der Waals surface area contributed by atoms with Crippen LogP contribution in [0, 0.1) is 5.41 Å². The second kappa shape index (κ2) is 9.10. The van der Waals surface area contributed by atoms with Crippen molar-refractivity contribution in [3.05, 3.63) is 42.5 Å². The molecule has 3 rings (SSSR count). The smallest absolute Gasteiger partial charge is 0.313 e. The average Bonchev–Trinajstić information content (AvgIpc) is 3.15. The van der Waals surface area contributed by atoms with Crippen LogP contribution in [0.15, 0.2) is 36.8 Å². The third-order valence-corrected chi connectivity index (χ3v) is 5.14. The standard InChI is InChI=1S/C20H28N4O3/c1-3-27-18(25)20(9-14-26-2)8-5-12-23(16-20)15-17-7-4-13-24(17)19-21-10-6-11-22-19/h4,6-7,10-11,13H,3,5,8-9,12,14-16H2,1-2H3/t20-/m0/s1. The van der Waals surface area contributed by atoms with E-state index in [2.05, 4.69) is 20.9 Å². The number of likely N-dealkylation sites (tertiary alicyclic amines) is 1. The summed E-state index contributed by atoms with van der Waals surface area (Å²) >= 11 is 0. The maximum Gasteiger partial charge on any atom is 0.313 e. The molecule has 2 aromatic heterocycles. The van der Waals surface area contributed by atoms with E-state index in [1.165, 1.54) is 0 Å². The molecule has 3 heterocycles. The maximum absolute atomic E-state index is 12.7. The highest BCUT2D eigenvalue weighted by molar-refractivity contribution is 5.77. The summed E-state index contributed by atoms with van der Waals surface area (Å²) in [5, 5.41) is 0. The van der Waals surface area contributed by atoms with Gasteiger partial charge in [-0.1, -0.05) is 0 Å². The number of nitrogens with zero attached hydrogens (tertiary/aromatic N) is 4. The summed E-state index contributed by atoms with van der Waals surface area (Å²) in [4.78, 5) is 23.7. The number of carbonyl (C=O) groups is 1. The fourth-order valence-electron chi connectivity index (χ4n) is 3.80. The van der Waals surface area contributed by atoms with Crippen LogP contribution in [0.3, 0.4) is 0 Å². The van der Waals surface area contributed by atoms with Gasteiger partial charge < -0.3 is 9.47 Å². The molecule has 0 unspecified atom stereocenters. The van der Waals surface area contributed by atoms with Crippen molar-refractivity contribution in [3.8, 4) is 5.95 Å². The summed E-state index contributed by atoms with van der Waals surface area (Å²) in [7, 11) is 1.67. The Morgan fingerprint density at radius 2 is 2.11 bits per heavy atom. The minimum Gasteiger partial charge on any atom is -0.466 e. The molecular weight excluding hydrogens is 344 g/mol. The molecule has 0 radical (unpaired) electrons. The Bertz CT molecular complexity index is 734. The minimum atomic E-state index is -0.495. The number of piperidine rings is 1. The van der Waals surface area contributed by atoms with Crippen LogP contribution in [0.1, 0.15) is 31.9 Å². The molecule has 0 saturated carbocycles. The molecule has 146 valence electrons. The Kier molecular flexibility index (Phi) is 6.58. The summed E-state index contributed by atoms with van der Waals surface area (Å²) < 4.78 is 12.7. The Morgan fingerprint density at radius 1 is 1.30 bits per heavy atom. The van der Waals surface area contributed by atoms with Gasteiger partial charge in [0.2, 0.25) is 5.95 Å². The van der Waals surface area contributed by atoms with Crippen molar-refractivity contribution in [1.29, 1.82) is 0 Å². The molecule has 0 aromatic carbocycles. The zero-order valence-electron chi connectivity index (χ0n) is 16.1. The van der Waals surface area contributed by atoms with Crippen molar-refractivity contribution >= 4 is 5.97 Å². The van der Waals surface area contributed by atoms with E-state index in [4.69, 9.17) is 9.47 Å². The molecule has 1 aliphatic heterocycles. The lowest BCUT2D eigenvalue weighted by Crippen LogP contribution is -2.49. The van der Waals surface area contributed by atoms with Crippen LogP contribution in [-0.2, 0) is 20.8 Å². The van der Waals surface area contributed by atoms with Gasteiger partial charge in [0.25, 0.3) is 0 Å². The Labute approximate surface area is 160 Å². The minimum absolute atomic E-state index is 0.103. The van der Waals surface area contributed by atoms with E-state index in [1.807, 2.05) is 23.8 Å². The highest BCUT2D eigenvalue weighted by Crippen LogP contribution is 2.35. The van der Waals surface area contributed by atoms with Crippen LogP contribution < -0.4 is 0 Å². The highest BCUT2D eigenvalue weighted by Gasteiger charge is 2.43. The van der Waals surface area contributed by atoms with Crippen LogP contribution in [0.2, 0.25) is 0 Å². The topological polar surface area (TPSA) is 69.5 Å². The summed E-state index contributed by atoms with van der Waals surface area (Å²) in [6.07, 6.45) is 7.94. The van der Waals surface area contributed by atoms with Crippen molar-refractivity contribution in [1.82, 2.24) is 19.4 Å². The van der Waals surface area contributed by atoms with E-state index in [9.17, 15) is 4.79 Å². The van der Waals surface area contributed by atoms with E-state index in [0.717, 1.165) is 31.6 Å². The lowest BCUT2D eigenvalue weighted by atomic mass is 9.77. The van der Waals surface area contributed by atoms with Crippen LogP contribution in [-0.4, -0.2) is 58.8 Å². The highest BCUT2D eigenvalue weighted by atomic mass is 16.5. The monoisotopic (exact) mass is 372 g/mol. The fraction of sp³-hybridized carbons (Fsp3) is 0.550. The molecule has 1 fully saturated rings. The molecular formula is C20H28N4O3. The van der Waals surface area contributed by atoms with Gasteiger partial charge in [-0.05, 0) is 50.9 Å². The van der Waals surface area contributed by atoms with Gasteiger partial charge >= 0.3 is 5.97 Å². The first kappa shape index (κ1) is 19.5. The van der Waals surface area contributed by atoms with E-state index < -0.39 is 5.41 Å². The molecule has 0 N–H and O–H groups in total. The first-order chi connectivity index (χ1) is 13.2. The van der Waals surface area contributed by atoms with E-state index in [0.29, 0.717) is 32.1 Å². The third kappa shape index (κ3) is 4.54. The zero-order chi connectivity index (χ0) is 19.1. The number of aromatic nitrogens is 3. The van der Waals surface area contributed by atoms with Crippen LogP contribution in [0.4, 0.5) is 0 Å². The molecule has 7 heteroatoms. The first-order valence-corrected chi connectivity index (χ1v) is 9.50. The van der Waals surface area contributed by atoms with Gasteiger partial charge in [-0.3, -0.25) is 14.3 Å². The van der Waals surface area contributed by atoms with Crippen molar-refractivity contribution in [2.45, 2.75) is 32.7 Å². The maximum atomic E-state index is 12.7. The lowest BCUT2D eigenvalue weighted by molar-refractivity contribution is -0.160. The van der Waals surface area contributed by atoms with Crippen molar-refractivity contribution in [3.63, 3.8) is 0 Å². The number of ether oxygens (including phenoxy) is 2. The van der Waals surface area contributed by atoms with E-state index in [1.54, 1.807) is 25.6 Å². The van der Waals surface area contributed by atoms with Crippen LogP contribution in [0.5, 0.6) is 0 Å². The van der Waals surface area contributed by atoms with Crippen LogP contribution in [0.25, 0.3) is 5.95 Å². The zero-order valence-corrected chi connectivity index (χ0v) is 16.1. The number of rotatable bonds is 8. The SMILES string of the molecule is CCOC(=O)[C@]1(CCOC)CCCN(Cc2cccn2-c2ncccn2)C1. The van der Waals surface area contributed by atoms with Crippen molar-refractivity contribution in [2.24, 2.45) is 5.41 Å². The molecule has 0 bridgehead atoms. The lowest BCUT2D eigenvalue weighted by Gasteiger charge is -2.41. The quantitative estimate of drug-likeness (QED) is 0.663. The Morgan fingerprint density at radius 3 is 2.85 bits per heavy atom. The largest absolute Gasteiger partial charge is 0.466 e. The van der Waals surface area contributed by atoms with Gasteiger partial charge in [-0.2, -0.15) is 0 Å². The summed E-state index contributed by atoms with van der Waals surface area (Å²) in [5.74, 6) is 0.555. The van der Waals surface area contributed by atoms with Crippen molar-refractivity contribution in [2.75, 3.05) is 33.4 Å². The van der Waals surface area contributed by atoms with Gasteiger partial charge in [0.1, 0.15) is 0 Å². The average molecular weight is 372 g/mol. The molecule has 0 amide bonds. The molecule has 0 spiro atoms. The van der Waals surface area contributed by atoms with Gasteiger partial charge in [-0.15, -0.1) is 0 Å². The molecule has 0 aliphatic carbocycles. The summed E-state index contributed by atoms with van der Waals surface area (Å²) in [6, 6.07) is 5.88. The van der Waals surface area contributed by atoms with Gasteiger partial charge in [0, 0.05) is 51.1 Å². The van der Waals surface area contributed by atoms with E-state index in [-0.39, 0.29) is 5.97 Å². The molecule has 1 atom stereocenters. The number of hydrogen-bond acceptors (Lipinski definition) is 6. The van der Waals surface area contributed by atoms with E-state index >= 15 is 0 Å². The second-order valence-electron chi connectivity index (χ2n) is 6.98. The Hall–Kier alpha value is -2.25. The fourth-order valence-corrected chi connectivity index (χ4v) is 3.80. The van der Waals surface area contributed by atoms with Gasteiger partial charge in [-0.25, -0.2) is 9.97 Å². The normalized spacial score (nSPS) is 20.5. The molecule has 27 heavy (non-hydrogen) atoms. The Balaban J connectivity index is 1.76. The van der Waals surface area contributed by atoms with Gasteiger partial charge in [0.05, 0.1) is 12.0 Å². The van der Waals surface area contributed by atoms with Crippen molar-refractivity contribution < 1.29 is 14.3 Å². The predicted octanol–water partition coefficient (Wildman–Crippen LogP) is 2.45. The summed E-state index contributed by atoms with van der Waals surface area (Å²) in [6.45, 7) is 5.18.